The molecule has 1 aromatic rings. The number of hydrogen-bond acceptors (Lipinski definition) is 3. The van der Waals surface area contributed by atoms with Gasteiger partial charge >= 0.3 is 0 Å². The molecule has 2 aliphatic carbocycles. The Bertz CT molecular complexity index is 588. The van der Waals surface area contributed by atoms with Gasteiger partial charge in [-0.2, -0.15) is 0 Å². The minimum atomic E-state index is -2.45. The van der Waals surface area contributed by atoms with Crippen LogP contribution >= 0.6 is 0 Å². The van der Waals surface area contributed by atoms with E-state index in [-0.39, 0.29) is 0 Å². The Labute approximate surface area is 135 Å². The number of rotatable bonds is 5. The van der Waals surface area contributed by atoms with Gasteiger partial charge in [0.05, 0.1) is 6.10 Å². The lowest BCUT2D eigenvalue weighted by Crippen LogP contribution is -2.68. The Morgan fingerprint density at radius 2 is 2.22 bits per heavy atom. The fourth-order valence-corrected chi connectivity index (χ4v) is 4.63. The van der Waals surface area contributed by atoms with Crippen molar-refractivity contribution in [3.8, 4) is 5.75 Å². The van der Waals surface area contributed by atoms with Gasteiger partial charge in [-0.25, -0.2) is 8.78 Å². The fourth-order valence-electron chi connectivity index (χ4n) is 4.63. The van der Waals surface area contributed by atoms with E-state index in [4.69, 9.17) is 9.47 Å². The average molecular weight is 323 g/mol. The molecule has 0 radical (unpaired) electrons. The summed E-state index contributed by atoms with van der Waals surface area (Å²) in [6.07, 6.45) is 2.83. The van der Waals surface area contributed by atoms with Crippen molar-refractivity contribution < 1.29 is 18.3 Å². The number of halogens is 2. The number of benzene rings is 1. The van der Waals surface area contributed by atoms with Crippen molar-refractivity contribution in [2.24, 2.45) is 11.3 Å². The number of aryl methyl sites for hydroxylation is 1. The van der Waals surface area contributed by atoms with Gasteiger partial charge in [0.2, 0.25) is 0 Å². The minimum absolute atomic E-state index is 0.302. The Kier molecular flexibility index (Phi) is 3.71. The lowest BCUT2D eigenvalue weighted by Gasteiger charge is -2.63. The molecule has 2 saturated carbocycles. The molecular weight excluding hydrogens is 300 g/mol. The molecule has 0 amide bonds. The highest BCUT2D eigenvalue weighted by molar-refractivity contribution is 5.53. The standard InChI is InChI=1S/C18H23F2NO2/c1-11-3-4-12(9-14(11)23-10-15(19)20)21-16-13-5-8-22-17(13)18(16)6-2-7-18/h3-4,9,13,15-17,21H,2,5-8,10H2,1H3. The second-order valence-electron chi connectivity index (χ2n) is 7.14. The van der Waals surface area contributed by atoms with Gasteiger partial charge in [-0.05, 0) is 37.8 Å². The van der Waals surface area contributed by atoms with Gasteiger partial charge in [-0.1, -0.05) is 12.5 Å². The minimum Gasteiger partial charge on any atom is -0.487 e. The molecular formula is C18H23F2NO2. The molecule has 3 unspecified atom stereocenters. The largest absolute Gasteiger partial charge is 0.487 e. The molecule has 23 heavy (non-hydrogen) atoms. The van der Waals surface area contributed by atoms with E-state index >= 15 is 0 Å². The number of hydrogen-bond donors (Lipinski definition) is 1. The van der Waals surface area contributed by atoms with Gasteiger partial charge in [0.25, 0.3) is 6.43 Å². The third-order valence-corrected chi connectivity index (χ3v) is 5.91. The smallest absolute Gasteiger partial charge is 0.272 e. The van der Waals surface area contributed by atoms with Gasteiger partial charge in [-0.3, -0.25) is 0 Å². The van der Waals surface area contributed by atoms with E-state index in [2.05, 4.69) is 5.32 Å². The van der Waals surface area contributed by atoms with Gasteiger partial charge in [0, 0.05) is 35.7 Å². The SMILES string of the molecule is Cc1ccc(NC2C3CCOC3C23CCC3)cc1OCC(F)F. The van der Waals surface area contributed by atoms with E-state index in [1.165, 1.54) is 19.3 Å². The number of alkyl halides is 2. The molecule has 3 aliphatic rings. The summed E-state index contributed by atoms with van der Waals surface area (Å²) in [5.74, 6) is 1.12. The maximum Gasteiger partial charge on any atom is 0.272 e. The average Bonchev–Trinajstić information content (AvgIpc) is 2.88. The third-order valence-electron chi connectivity index (χ3n) is 5.91. The van der Waals surface area contributed by atoms with Crippen molar-refractivity contribution >= 4 is 5.69 Å². The van der Waals surface area contributed by atoms with Crippen LogP contribution in [0.5, 0.6) is 5.75 Å². The van der Waals surface area contributed by atoms with E-state index in [1.54, 1.807) is 0 Å². The summed E-state index contributed by atoms with van der Waals surface area (Å²) in [5.41, 5.74) is 2.14. The summed E-state index contributed by atoms with van der Waals surface area (Å²) in [6, 6.07) is 6.24. The maximum absolute atomic E-state index is 12.4. The highest BCUT2D eigenvalue weighted by Crippen LogP contribution is 2.63. The van der Waals surface area contributed by atoms with Gasteiger partial charge in [0.1, 0.15) is 12.4 Å². The summed E-state index contributed by atoms with van der Waals surface area (Å²) in [4.78, 5) is 0. The number of nitrogens with one attached hydrogen (secondary N) is 1. The first-order chi connectivity index (χ1) is 11.1. The summed E-state index contributed by atoms with van der Waals surface area (Å²) < 4.78 is 35.9. The molecule has 3 atom stereocenters. The van der Waals surface area contributed by atoms with Crippen LogP contribution in [0.3, 0.4) is 0 Å². The second kappa shape index (κ2) is 5.62. The summed E-state index contributed by atoms with van der Waals surface area (Å²) in [5, 5.41) is 3.65. The van der Waals surface area contributed by atoms with Crippen molar-refractivity contribution in [1.29, 1.82) is 0 Å². The second-order valence-corrected chi connectivity index (χ2v) is 7.14. The van der Waals surface area contributed by atoms with E-state index in [0.29, 0.717) is 29.2 Å². The van der Waals surface area contributed by atoms with E-state index in [0.717, 1.165) is 24.3 Å². The van der Waals surface area contributed by atoms with Crippen LogP contribution in [-0.4, -0.2) is 31.8 Å². The number of fused-ring (bicyclic) bond motifs is 2. The first-order valence-corrected chi connectivity index (χ1v) is 8.50. The summed E-state index contributed by atoms with van der Waals surface area (Å²) >= 11 is 0. The van der Waals surface area contributed by atoms with Gasteiger partial charge in [-0.15, -0.1) is 0 Å². The lowest BCUT2D eigenvalue weighted by atomic mass is 9.46. The zero-order chi connectivity index (χ0) is 16.0. The topological polar surface area (TPSA) is 30.5 Å². The molecule has 1 N–H and O–H groups in total. The molecule has 1 saturated heterocycles. The van der Waals surface area contributed by atoms with Gasteiger partial charge < -0.3 is 14.8 Å². The normalized spacial score (nSPS) is 30.7. The van der Waals surface area contributed by atoms with Crippen molar-refractivity contribution in [3.63, 3.8) is 0 Å². The van der Waals surface area contributed by atoms with E-state index in [1.807, 2.05) is 25.1 Å². The van der Waals surface area contributed by atoms with Crippen LogP contribution in [0.1, 0.15) is 31.2 Å². The zero-order valence-electron chi connectivity index (χ0n) is 13.4. The molecule has 126 valence electrons. The molecule has 4 rings (SSSR count). The lowest BCUT2D eigenvalue weighted by molar-refractivity contribution is -0.158. The van der Waals surface area contributed by atoms with Gasteiger partial charge in [0.15, 0.2) is 0 Å². The van der Waals surface area contributed by atoms with Crippen LogP contribution in [0.2, 0.25) is 0 Å². The van der Waals surface area contributed by atoms with Crippen molar-refractivity contribution in [3.05, 3.63) is 23.8 Å². The predicted octanol–water partition coefficient (Wildman–Crippen LogP) is 4.01. The maximum atomic E-state index is 12.4. The van der Waals surface area contributed by atoms with Crippen molar-refractivity contribution in [2.75, 3.05) is 18.5 Å². The van der Waals surface area contributed by atoms with Crippen molar-refractivity contribution in [2.45, 2.75) is 51.2 Å². The zero-order valence-corrected chi connectivity index (χ0v) is 13.4. The monoisotopic (exact) mass is 323 g/mol. The Morgan fingerprint density at radius 1 is 1.39 bits per heavy atom. The van der Waals surface area contributed by atoms with E-state index < -0.39 is 13.0 Å². The Hall–Kier alpha value is -1.36. The highest BCUT2D eigenvalue weighted by atomic mass is 19.3. The van der Waals surface area contributed by atoms with Crippen LogP contribution in [0.4, 0.5) is 14.5 Å². The first kappa shape index (κ1) is 15.2. The molecule has 1 aromatic carbocycles. The summed E-state index contributed by atoms with van der Waals surface area (Å²) in [6.45, 7) is 2.18. The van der Waals surface area contributed by atoms with Crippen LogP contribution < -0.4 is 10.1 Å². The highest BCUT2D eigenvalue weighted by Gasteiger charge is 2.66. The van der Waals surface area contributed by atoms with E-state index in [9.17, 15) is 8.78 Å². The Morgan fingerprint density at radius 3 is 2.91 bits per heavy atom. The predicted molar refractivity (Wildman–Crippen MR) is 84.2 cm³/mol. The number of ether oxygens (including phenoxy) is 2. The molecule has 1 spiro atoms. The molecule has 1 heterocycles. The molecule has 0 bridgehead atoms. The Balaban J connectivity index is 1.49. The van der Waals surface area contributed by atoms with Crippen LogP contribution in [0.15, 0.2) is 18.2 Å². The summed E-state index contributed by atoms with van der Waals surface area (Å²) in [7, 11) is 0. The quantitative estimate of drug-likeness (QED) is 0.888. The molecule has 3 fully saturated rings. The molecule has 3 nitrogen and oxygen atoms in total. The molecule has 5 heteroatoms. The van der Waals surface area contributed by atoms with Crippen LogP contribution in [0.25, 0.3) is 0 Å². The van der Waals surface area contributed by atoms with Crippen LogP contribution in [0, 0.1) is 18.3 Å². The van der Waals surface area contributed by atoms with Crippen LogP contribution in [-0.2, 0) is 4.74 Å². The first-order valence-electron chi connectivity index (χ1n) is 8.50. The fraction of sp³-hybridized carbons (Fsp3) is 0.667. The molecule has 0 aromatic heterocycles. The van der Waals surface area contributed by atoms with Crippen molar-refractivity contribution in [1.82, 2.24) is 0 Å². The molecule has 1 aliphatic heterocycles. The number of anilines is 1. The third kappa shape index (κ3) is 2.40.